The normalized spacial score (nSPS) is 5.00. The van der Waals surface area contributed by atoms with Crippen LogP contribution in [0.25, 0.3) is 0 Å². The van der Waals surface area contributed by atoms with Gasteiger partial charge in [0.25, 0.3) is 0 Å². The van der Waals surface area contributed by atoms with Crippen LogP contribution in [0.5, 0.6) is 0 Å². The van der Waals surface area contributed by atoms with Gasteiger partial charge in [-0.3, -0.25) is 5.92 Å². The van der Waals surface area contributed by atoms with E-state index < -0.39 is 0 Å². The minimum Gasteiger partial charge on any atom is -0.329 e. The standard InChI is InChI=1S/C4H3I2.V/c1-2-3-4(5)6;/h1H3;/q-1;. The largest absolute Gasteiger partial charge is 0.329 e. The van der Waals surface area contributed by atoms with Crippen LogP contribution in [0.3, 0.4) is 0 Å². The molecule has 7 heavy (non-hydrogen) atoms. The van der Waals surface area contributed by atoms with E-state index in [0.717, 1.165) is 1.93 Å². The van der Waals surface area contributed by atoms with E-state index in [0.29, 0.717) is 0 Å². The maximum absolute atomic E-state index is 2.85. The molecule has 0 saturated heterocycles. The van der Waals surface area contributed by atoms with E-state index in [1.54, 1.807) is 0 Å². The Bertz CT molecular complexity index is 79.4. The molecule has 0 aliphatic rings. The van der Waals surface area contributed by atoms with Gasteiger partial charge in [0.15, 0.2) is 0 Å². The summed E-state index contributed by atoms with van der Waals surface area (Å²) in [6.45, 7) is 1.83. The topological polar surface area (TPSA) is 0 Å². The van der Waals surface area contributed by atoms with Gasteiger partial charge in [0.05, 0.1) is 0 Å². The zero-order valence-corrected chi connectivity index (χ0v) is 9.41. The third-order valence-corrected chi connectivity index (χ3v) is 0.759. The molecular formula is C4H3I2V-. The average molecular weight is 356 g/mol. The second-order valence-corrected chi connectivity index (χ2v) is 4.86. The van der Waals surface area contributed by atoms with Crippen LogP contribution in [-0.4, -0.2) is 0 Å². The van der Waals surface area contributed by atoms with E-state index in [1.165, 1.54) is 0 Å². The number of hydrogen-bond acceptors (Lipinski definition) is 0. The summed E-state index contributed by atoms with van der Waals surface area (Å²) in [6.07, 6.45) is 0. The van der Waals surface area contributed by atoms with E-state index >= 15 is 0 Å². The zero-order chi connectivity index (χ0) is 4.99. The van der Waals surface area contributed by atoms with Gasteiger partial charge >= 0.3 is 0 Å². The number of halogens is 2. The Kier molecular flexibility index (Phi) is 12.1. The summed E-state index contributed by atoms with van der Waals surface area (Å²) in [5.41, 5.74) is 0. The van der Waals surface area contributed by atoms with Crippen molar-refractivity contribution in [1.82, 2.24) is 0 Å². The molecule has 0 heterocycles. The Labute approximate surface area is 83.4 Å². The van der Waals surface area contributed by atoms with Crippen LogP contribution in [0.4, 0.5) is 0 Å². The van der Waals surface area contributed by atoms with Gasteiger partial charge < -0.3 is 5.92 Å². The van der Waals surface area contributed by atoms with Crippen LogP contribution in [-0.2, 0) is 18.6 Å². The molecule has 1 radical (unpaired) electrons. The molecule has 0 atom stereocenters. The van der Waals surface area contributed by atoms with Gasteiger partial charge in [-0.2, -0.15) is 45.2 Å². The second kappa shape index (κ2) is 7.47. The van der Waals surface area contributed by atoms with E-state index in [-0.39, 0.29) is 18.6 Å². The quantitative estimate of drug-likeness (QED) is 0.355. The van der Waals surface area contributed by atoms with E-state index in [9.17, 15) is 0 Å². The van der Waals surface area contributed by atoms with Crippen molar-refractivity contribution >= 4 is 45.2 Å². The predicted octanol–water partition coefficient (Wildman–Crippen LogP) is 2.37. The summed E-state index contributed by atoms with van der Waals surface area (Å²) < 4.78 is 1.12. The van der Waals surface area contributed by atoms with Crippen LogP contribution < -0.4 is 0 Å². The van der Waals surface area contributed by atoms with E-state index in [2.05, 4.69) is 57.0 Å². The van der Waals surface area contributed by atoms with Gasteiger partial charge in [0, 0.05) is 18.6 Å². The summed E-state index contributed by atoms with van der Waals surface area (Å²) in [4.78, 5) is 0. The smallest absolute Gasteiger partial charge is 0 e. The van der Waals surface area contributed by atoms with Crippen molar-refractivity contribution in [2.45, 2.75) is 6.92 Å². The molecule has 39 valence electrons. The van der Waals surface area contributed by atoms with Crippen molar-refractivity contribution in [1.29, 1.82) is 0 Å². The molecular weight excluding hydrogens is 353 g/mol. The Morgan fingerprint density at radius 1 is 1.43 bits per heavy atom. The fourth-order valence-corrected chi connectivity index (χ4v) is 0.634. The summed E-state index contributed by atoms with van der Waals surface area (Å²) in [7, 11) is 0. The molecule has 0 aromatic carbocycles. The zero-order valence-electron chi connectivity index (χ0n) is 3.70. The van der Waals surface area contributed by atoms with Gasteiger partial charge in [-0.05, 0) is 0 Å². The average Bonchev–Trinajstić information content (AvgIpc) is 1.35. The fourth-order valence-electron chi connectivity index (χ4n) is 0.0945. The minimum atomic E-state index is 0. The SMILES string of the molecule is CC#C[C-](I)I.[V]. The third kappa shape index (κ3) is 11.2. The van der Waals surface area contributed by atoms with Crippen molar-refractivity contribution in [3.05, 3.63) is 1.93 Å². The molecule has 0 rings (SSSR count). The Morgan fingerprint density at radius 2 is 1.86 bits per heavy atom. The van der Waals surface area contributed by atoms with Crippen molar-refractivity contribution in [3.63, 3.8) is 0 Å². The van der Waals surface area contributed by atoms with Crippen LogP contribution >= 0.6 is 45.2 Å². The third-order valence-electron chi connectivity index (χ3n) is 0.219. The first-order valence-electron chi connectivity index (χ1n) is 1.38. The van der Waals surface area contributed by atoms with Crippen molar-refractivity contribution < 1.29 is 18.6 Å². The molecule has 0 saturated carbocycles. The van der Waals surface area contributed by atoms with Gasteiger partial charge in [0.1, 0.15) is 0 Å². The van der Waals surface area contributed by atoms with Gasteiger partial charge in [-0.1, -0.05) is 8.86 Å². The minimum absolute atomic E-state index is 0. The van der Waals surface area contributed by atoms with E-state index in [1.807, 2.05) is 6.92 Å². The second-order valence-electron chi connectivity index (χ2n) is 0.635. The molecule has 0 aromatic heterocycles. The summed E-state index contributed by atoms with van der Waals surface area (Å²) in [6, 6.07) is 0. The van der Waals surface area contributed by atoms with E-state index in [4.69, 9.17) is 0 Å². The fraction of sp³-hybridized carbons (Fsp3) is 0.250. The summed E-state index contributed by atoms with van der Waals surface area (Å²) >= 11 is 4.34. The summed E-state index contributed by atoms with van der Waals surface area (Å²) in [5, 5.41) is 0. The molecule has 0 nitrogen and oxygen atoms in total. The molecule has 0 unspecified atom stereocenters. The molecule has 0 spiro atoms. The monoisotopic (exact) mass is 356 g/mol. The number of rotatable bonds is 0. The molecule has 0 amide bonds. The summed E-state index contributed by atoms with van der Waals surface area (Å²) in [5.74, 6) is 5.61. The van der Waals surface area contributed by atoms with Crippen LogP contribution in [0.15, 0.2) is 0 Å². The molecule has 0 fully saturated rings. The Balaban J connectivity index is 0. The molecule has 0 aromatic rings. The maximum atomic E-state index is 2.85. The van der Waals surface area contributed by atoms with Crippen molar-refractivity contribution in [2.75, 3.05) is 0 Å². The van der Waals surface area contributed by atoms with Crippen molar-refractivity contribution in [3.8, 4) is 11.8 Å². The first kappa shape index (κ1) is 11.3. The van der Waals surface area contributed by atoms with Gasteiger partial charge in [-0.25, -0.2) is 0 Å². The first-order valence-corrected chi connectivity index (χ1v) is 3.54. The Hall–Kier alpha value is 1.47. The molecule has 3 heteroatoms. The Morgan fingerprint density at radius 3 is 1.86 bits per heavy atom. The molecule has 0 N–H and O–H groups in total. The van der Waals surface area contributed by atoms with Crippen molar-refractivity contribution in [2.24, 2.45) is 0 Å². The van der Waals surface area contributed by atoms with Crippen LogP contribution in [0.1, 0.15) is 6.92 Å². The molecule has 0 aliphatic heterocycles. The molecule has 0 bridgehead atoms. The maximum Gasteiger partial charge on any atom is 0 e. The first-order chi connectivity index (χ1) is 2.77. The van der Waals surface area contributed by atoms with Crippen LogP contribution in [0.2, 0.25) is 0 Å². The predicted molar refractivity (Wildman–Crippen MR) is 44.7 cm³/mol. The van der Waals surface area contributed by atoms with Gasteiger partial charge in [0.2, 0.25) is 0 Å². The molecule has 0 aliphatic carbocycles. The van der Waals surface area contributed by atoms with Crippen LogP contribution in [0, 0.1) is 13.8 Å². The van der Waals surface area contributed by atoms with Gasteiger partial charge in [-0.15, -0.1) is 0 Å². The number of hydrogen-bond donors (Lipinski definition) is 0.